The van der Waals surface area contributed by atoms with Crippen LogP contribution < -0.4 is 11.1 Å². The SMILES string of the molecule is CC(Nc1ccc(Br)c(C(F)(F)F)c1)C(N)=NO. The third-order valence-electron chi connectivity index (χ3n) is 2.21. The van der Waals surface area contributed by atoms with Gasteiger partial charge in [0, 0.05) is 10.2 Å². The average Bonchev–Trinajstić information content (AvgIpc) is 2.29. The molecule has 1 aromatic carbocycles. The molecule has 0 aliphatic carbocycles. The lowest BCUT2D eigenvalue weighted by molar-refractivity contribution is -0.138. The summed E-state index contributed by atoms with van der Waals surface area (Å²) in [6, 6.07) is 3.10. The molecule has 0 aliphatic heterocycles. The molecule has 4 N–H and O–H groups in total. The Morgan fingerprint density at radius 2 is 2.11 bits per heavy atom. The maximum absolute atomic E-state index is 12.6. The number of alkyl halides is 3. The topological polar surface area (TPSA) is 70.6 Å². The van der Waals surface area contributed by atoms with Crippen LogP contribution >= 0.6 is 15.9 Å². The lowest BCUT2D eigenvalue weighted by Gasteiger charge is -2.16. The van der Waals surface area contributed by atoms with E-state index in [0.717, 1.165) is 6.07 Å². The van der Waals surface area contributed by atoms with E-state index in [1.807, 2.05) is 0 Å². The Bertz CT molecular complexity index is 462. The minimum absolute atomic E-state index is 0.0444. The minimum Gasteiger partial charge on any atom is -0.409 e. The van der Waals surface area contributed by atoms with E-state index < -0.39 is 17.8 Å². The quantitative estimate of drug-likeness (QED) is 0.346. The highest BCUT2D eigenvalue weighted by atomic mass is 79.9. The van der Waals surface area contributed by atoms with E-state index in [1.54, 1.807) is 6.92 Å². The zero-order valence-electron chi connectivity index (χ0n) is 9.29. The predicted octanol–water partition coefficient (Wildman–Crippen LogP) is 3.01. The molecule has 1 atom stereocenters. The molecule has 0 aromatic heterocycles. The maximum atomic E-state index is 12.6. The van der Waals surface area contributed by atoms with Crippen molar-refractivity contribution in [3.8, 4) is 0 Å². The van der Waals surface area contributed by atoms with Crippen molar-refractivity contribution in [1.29, 1.82) is 0 Å². The molecule has 1 rings (SSSR count). The van der Waals surface area contributed by atoms with Crippen molar-refractivity contribution in [3.05, 3.63) is 28.2 Å². The van der Waals surface area contributed by atoms with Gasteiger partial charge in [0.05, 0.1) is 11.6 Å². The van der Waals surface area contributed by atoms with Crippen LogP contribution in [0, 0.1) is 0 Å². The first-order valence-corrected chi connectivity index (χ1v) is 5.65. The Labute approximate surface area is 110 Å². The third-order valence-corrected chi connectivity index (χ3v) is 2.91. The molecule has 0 fully saturated rings. The van der Waals surface area contributed by atoms with Crippen molar-refractivity contribution in [2.75, 3.05) is 5.32 Å². The summed E-state index contributed by atoms with van der Waals surface area (Å²) in [7, 11) is 0. The lowest BCUT2D eigenvalue weighted by atomic mass is 10.2. The van der Waals surface area contributed by atoms with E-state index in [2.05, 4.69) is 26.4 Å². The van der Waals surface area contributed by atoms with E-state index >= 15 is 0 Å². The second-order valence-corrected chi connectivity index (χ2v) is 4.44. The summed E-state index contributed by atoms with van der Waals surface area (Å²) in [4.78, 5) is 0. The molecule has 0 spiro atoms. The van der Waals surface area contributed by atoms with Crippen molar-refractivity contribution in [1.82, 2.24) is 0 Å². The summed E-state index contributed by atoms with van der Waals surface area (Å²) in [5.74, 6) is -0.119. The molecule has 0 saturated heterocycles. The van der Waals surface area contributed by atoms with Crippen LogP contribution in [-0.4, -0.2) is 17.1 Å². The largest absolute Gasteiger partial charge is 0.417 e. The van der Waals surface area contributed by atoms with E-state index in [9.17, 15) is 13.2 Å². The smallest absolute Gasteiger partial charge is 0.409 e. The van der Waals surface area contributed by atoms with Crippen LogP contribution in [0.3, 0.4) is 0 Å². The first kappa shape index (κ1) is 14.6. The number of nitrogens with one attached hydrogen (secondary N) is 1. The summed E-state index contributed by atoms with van der Waals surface area (Å²) in [5, 5.41) is 13.9. The summed E-state index contributed by atoms with van der Waals surface area (Å²) in [6.45, 7) is 1.56. The highest BCUT2D eigenvalue weighted by Gasteiger charge is 2.33. The highest BCUT2D eigenvalue weighted by molar-refractivity contribution is 9.10. The first-order valence-electron chi connectivity index (χ1n) is 4.86. The number of halogens is 4. The molecule has 0 saturated carbocycles. The number of hydrogen-bond donors (Lipinski definition) is 3. The Morgan fingerprint density at radius 3 is 2.61 bits per heavy atom. The predicted molar refractivity (Wildman–Crippen MR) is 65.6 cm³/mol. The van der Waals surface area contributed by atoms with Crippen molar-refractivity contribution in [2.45, 2.75) is 19.1 Å². The number of amidine groups is 1. The van der Waals surface area contributed by atoms with Crippen molar-refractivity contribution in [2.24, 2.45) is 10.9 Å². The zero-order valence-corrected chi connectivity index (χ0v) is 10.9. The number of rotatable bonds is 3. The molecule has 100 valence electrons. The summed E-state index contributed by atoms with van der Waals surface area (Å²) < 4.78 is 37.9. The molecule has 0 radical (unpaired) electrons. The van der Waals surface area contributed by atoms with Gasteiger partial charge in [-0.15, -0.1) is 0 Å². The Morgan fingerprint density at radius 1 is 1.50 bits per heavy atom. The Hall–Kier alpha value is -1.44. The number of oxime groups is 1. The zero-order chi connectivity index (χ0) is 13.9. The second kappa shape index (κ2) is 5.47. The highest BCUT2D eigenvalue weighted by Crippen LogP contribution is 2.36. The molecule has 1 aromatic rings. The van der Waals surface area contributed by atoms with Gasteiger partial charge >= 0.3 is 6.18 Å². The lowest BCUT2D eigenvalue weighted by Crippen LogP contribution is -2.32. The molecule has 8 heteroatoms. The number of hydrogen-bond acceptors (Lipinski definition) is 3. The van der Waals surface area contributed by atoms with Gasteiger partial charge in [-0.1, -0.05) is 21.1 Å². The molecule has 4 nitrogen and oxygen atoms in total. The van der Waals surface area contributed by atoms with Gasteiger partial charge in [0.2, 0.25) is 0 Å². The fourth-order valence-electron chi connectivity index (χ4n) is 1.24. The fourth-order valence-corrected chi connectivity index (χ4v) is 1.71. The molecule has 0 bridgehead atoms. The van der Waals surface area contributed by atoms with Crippen LogP contribution in [0.4, 0.5) is 18.9 Å². The van der Waals surface area contributed by atoms with Crippen molar-refractivity contribution in [3.63, 3.8) is 0 Å². The third kappa shape index (κ3) is 3.52. The van der Waals surface area contributed by atoms with Crippen LogP contribution in [-0.2, 0) is 6.18 Å². The van der Waals surface area contributed by atoms with Crippen LogP contribution in [0.15, 0.2) is 27.8 Å². The molecule has 18 heavy (non-hydrogen) atoms. The summed E-state index contributed by atoms with van der Waals surface area (Å²) >= 11 is 2.84. The van der Waals surface area contributed by atoms with Crippen LogP contribution in [0.2, 0.25) is 0 Å². The number of anilines is 1. The Kier molecular flexibility index (Phi) is 4.44. The normalized spacial score (nSPS) is 14.4. The molecule has 0 aliphatic rings. The average molecular weight is 326 g/mol. The van der Waals surface area contributed by atoms with Gasteiger partial charge < -0.3 is 16.3 Å². The molecular weight excluding hydrogens is 315 g/mol. The van der Waals surface area contributed by atoms with E-state index in [4.69, 9.17) is 10.9 Å². The summed E-state index contributed by atoms with van der Waals surface area (Å²) in [5.41, 5.74) is 4.76. The summed E-state index contributed by atoms with van der Waals surface area (Å²) in [6.07, 6.45) is -4.45. The first-order chi connectivity index (χ1) is 8.25. The van der Waals surface area contributed by atoms with Gasteiger partial charge in [0.25, 0.3) is 0 Å². The Balaban J connectivity index is 3.00. The van der Waals surface area contributed by atoms with Crippen molar-refractivity contribution < 1.29 is 18.4 Å². The van der Waals surface area contributed by atoms with Gasteiger partial charge in [-0.2, -0.15) is 13.2 Å². The minimum atomic E-state index is -4.45. The van der Waals surface area contributed by atoms with E-state index in [0.29, 0.717) is 0 Å². The second-order valence-electron chi connectivity index (χ2n) is 3.58. The van der Waals surface area contributed by atoms with Gasteiger partial charge in [-0.25, -0.2) is 0 Å². The molecule has 1 unspecified atom stereocenters. The number of benzene rings is 1. The molecular formula is C10H11BrF3N3O. The van der Waals surface area contributed by atoms with Gasteiger partial charge in [0.15, 0.2) is 5.84 Å². The molecule has 0 amide bonds. The van der Waals surface area contributed by atoms with Gasteiger partial charge in [-0.3, -0.25) is 0 Å². The van der Waals surface area contributed by atoms with Crippen LogP contribution in [0.1, 0.15) is 12.5 Å². The number of nitrogens with two attached hydrogens (primary N) is 1. The van der Waals surface area contributed by atoms with Crippen LogP contribution in [0.25, 0.3) is 0 Å². The van der Waals surface area contributed by atoms with Gasteiger partial charge in [0.1, 0.15) is 0 Å². The monoisotopic (exact) mass is 325 g/mol. The molecule has 0 heterocycles. The standard InChI is InChI=1S/C10H11BrF3N3O/c1-5(9(15)17-18)16-6-2-3-8(11)7(4-6)10(12,13)14/h2-5,16,18H,1H3,(H2,15,17). The van der Waals surface area contributed by atoms with Crippen molar-refractivity contribution >= 4 is 27.5 Å². The van der Waals surface area contributed by atoms with Gasteiger partial charge in [-0.05, 0) is 25.1 Å². The van der Waals surface area contributed by atoms with Crippen LogP contribution in [0.5, 0.6) is 0 Å². The maximum Gasteiger partial charge on any atom is 0.417 e. The number of nitrogens with zero attached hydrogens (tertiary/aromatic N) is 1. The van der Waals surface area contributed by atoms with E-state index in [1.165, 1.54) is 12.1 Å². The van der Waals surface area contributed by atoms with E-state index in [-0.39, 0.29) is 16.0 Å². The fraction of sp³-hybridized carbons (Fsp3) is 0.300.